The van der Waals surface area contributed by atoms with Crippen molar-refractivity contribution in [1.29, 1.82) is 0 Å². The van der Waals surface area contributed by atoms with E-state index in [1.807, 2.05) is 31.2 Å². The van der Waals surface area contributed by atoms with Gasteiger partial charge in [-0.2, -0.15) is 4.98 Å². The summed E-state index contributed by atoms with van der Waals surface area (Å²) in [6.45, 7) is 3.83. The number of aromatic nitrogens is 2. The van der Waals surface area contributed by atoms with Crippen molar-refractivity contribution in [1.82, 2.24) is 15.5 Å². The molecule has 0 bridgehead atoms. The van der Waals surface area contributed by atoms with Gasteiger partial charge in [-0.25, -0.2) is 13.6 Å². The Morgan fingerprint density at radius 2 is 1.77 bits per heavy atom. The summed E-state index contributed by atoms with van der Waals surface area (Å²) in [6.07, 6.45) is 0.815. The van der Waals surface area contributed by atoms with Crippen molar-refractivity contribution in [2.24, 2.45) is 0 Å². The molecule has 5 rings (SSSR count). The molecule has 1 aliphatic heterocycles. The van der Waals surface area contributed by atoms with E-state index in [9.17, 15) is 13.6 Å². The van der Waals surface area contributed by atoms with Crippen LogP contribution < -0.4 is 10.2 Å². The molecule has 2 amide bonds. The van der Waals surface area contributed by atoms with Crippen LogP contribution in [0.15, 0.2) is 83.0 Å². The van der Waals surface area contributed by atoms with E-state index in [2.05, 4.69) is 15.5 Å². The summed E-state index contributed by atoms with van der Waals surface area (Å²) in [4.78, 5) is 19.4. The van der Waals surface area contributed by atoms with E-state index in [0.29, 0.717) is 28.1 Å². The topological polar surface area (TPSA) is 71.3 Å². The maximum absolute atomic E-state index is 14.1. The van der Waals surface area contributed by atoms with Crippen molar-refractivity contribution in [3.8, 4) is 11.4 Å². The lowest BCUT2D eigenvalue weighted by Gasteiger charge is -2.35. The van der Waals surface area contributed by atoms with Crippen molar-refractivity contribution < 1.29 is 18.1 Å². The van der Waals surface area contributed by atoms with Crippen LogP contribution in [0.1, 0.15) is 36.9 Å². The van der Waals surface area contributed by atoms with Crippen LogP contribution in [0.25, 0.3) is 17.0 Å². The van der Waals surface area contributed by atoms with E-state index in [-0.39, 0.29) is 23.6 Å². The summed E-state index contributed by atoms with van der Waals surface area (Å²) in [5.41, 5.74) is 4.00. The summed E-state index contributed by atoms with van der Waals surface area (Å²) in [6, 6.07) is 18.4. The average Bonchev–Trinajstić information content (AvgIpc) is 3.34. The molecule has 35 heavy (non-hydrogen) atoms. The number of amides is 2. The molecule has 8 heteroatoms. The van der Waals surface area contributed by atoms with Gasteiger partial charge in [0.1, 0.15) is 11.6 Å². The number of carbonyl (C=O) groups excluding carboxylic acids is 1. The predicted octanol–water partition coefficient (Wildman–Crippen LogP) is 6.28. The SMILES string of the molecule is CCc1cccc(N2C(=O)NC(c3cccc(F)c3)C(c3nc(-c4ccc(F)cc4)no3)=C2C)c1. The summed E-state index contributed by atoms with van der Waals surface area (Å²) in [5, 5.41) is 7.03. The lowest BCUT2D eigenvalue weighted by Crippen LogP contribution is -2.46. The molecule has 1 unspecified atom stereocenters. The molecule has 176 valence electrons. The average molecular weight is 472 g/mol. The zero-order valence-electron chi connectivity index (χ0n) is 19.1. The van der Waals surface area contributed by atoms with E-state index < -0.39 is 11.9 Å². The van der Waals surface area contributed by atoms with Crippen molar-refractivity contribution in [2.75, 3.05) is 4.90 Å². The standard InChI is InChI=1S/C27H22F2N4O2/c1-3-17-6-4-9-22(14-17)33-16(2)23(24(30-27(33)34)19-7-5-8-21(29)15-19)26-31-25(32-35-26)18-10-12-20(28)13-11-18/h4-15,24H,3H2,1-2H3,(H,30,34). The highest BCUT2D eigenvalue weighted by atomic mass is 19.1. The van der Waals surface area contributed by atoms with Gasteiger partial charge in [0.05, 0.1) is 17.3 Å². The lowest BCUT2D eigenvalue weighted by molar-refractivity contribution is 0.244. The number of nitrogens with one attached hydrogen (secondary N) is 1. The summed E-state index contributed by atoms with van der Waals surface area (Å²) < 4.78 is 33.1. The first-order chi connectivity index (χ1) is 16.9. The fraction of sp³-hybridized carbons (Fsp3) is 0.148. The highest BCUT2D eigenvalue weighted by molar-refractivity contribution is 6.01. The zero-order valence-corrected chi connectivity index (χ0v) is 19.1. The third-order valence-corrected chi connectivity index (χ3v) is 6.00. The number of anilines is 1. The van der Waals surface area contributed by atoms with Crippen LogP contribution in [0.2, 0.25) is 0 Å². The Morgan fingerprint density at radius 3 is 2.51 bits per heavy atom. The first kappa shape index (κ1) is 22.5. The maximum atomic E-state index is 14.1. The number of halogens is 2. The molecule has 1 aliphatic rings. The molecule has 0 spiro atoms. The number of aryl methyl sites for hydroxylation is 1. The largest absolute Gasteiger partial charge is 0.334 e. The molecule has 3 aromatic carbocycles. The second kappa shape index (κ2) is 9.13. The van der Waals surface area contributed by atoms with E-state index in [1.165, 1.54) is 24.3 Å². The first-order valence-electron chi connectivity index (χ1n) is 11.2. The molecule has 0 aliphatic carbocycles. The monoisotopic (exact) mass is 472 g/mol. The quantitative estimate of drug-likeness (QED) is 0.371. The first-order valence-corrected chi connectivity index (χ1v) is 11.2. The van der Waals surface area contributed by atoms with Gasteiger partial charge in [0.15, 0.2) is 0 Å². The molecule has 1 aromatic heterocycles. The minimum absolute atomic E-state index is 0.174. The van der Waals surface area contributed by atoms with Crippen LogP contribution in [-0.2, 0) is 6.42 Å². The fourth-order valence-corrected chi connectivity index (χ4v) is 4.23. The maximum Gasteiger partial charge on any atom is 0.326 e. The van der Waals surface area contributed by atoms with Crippen LogP contribution >= 0.6 is 0 Å². The molecule has 0 fully saturated rings. The smallest absolute Gasteiger partial charge is 0.326 e. The van der Waals surface area contributed by atoms with Gasteiger partial charge in [-0.1, -0.05) is 36.3 Å². The molecule has 0 radical (unpaired) electrons. The van der Waals surface area contributed by atoms with Gasteiger partial charge in [-0.3, -0.25) is 4.90 Å². The molecule has 1 atom stereocenters. The molecule has 0 saturated carbocycles. The number of allylic oxidation sites excluding steroid dienone is 1. The third-order valence-electron chi connectivity index (χ3n) is 6.00. The van der Waals surface area contributed by atoms with Crippen molar-refractivity contribution in [3.63, 3.8) is 0 Å². The number of urea groups is 1. The number of hydrogen-bond donors (Lipinski definition) is 1. The van der Waals surface area contributed by atoms with E-state index >= 15 is 0 Å². The Kier molecular flexibility index (Phi) is 5.86. The second-order valence-corrected chi connectivity index (χ2v) is 8.23. The highest BCUT2D eigenvalue weighted by Gasteiger charge is 2.36. The van der Waals surface area contributed by atoms with Gasteiger partial charge in [0.25, 0.3) is 5.89 Å². The van der Waals surface area contributed by atoms with Gasteiger partial charge < -0.3 is 9.84 Å². The molecular weight excluding hydrogens is 450 g/mol. The number of nitrogens with zero attached hydrogens (tertiary/aromatic N) is 3. The highest BCUT2D eigenvalue weighted by Crippen LogP contribution is 2.39. The summed E-state index contributed by atoms with van der Waals surface area (Å²) in [7, 11) is 0. The van der Waals surface area contributed by atoms with E-state index in [4.69, 9.17) is 4.52 Å². The lowest BCUT2D eigenvalue weighted by atomic mass is 9.94. The molecule has 2 heterocycles. The number of carbonyl (C=O) groups is 1. The van der Waals surface area contributed by atoms with Crippen LogP contribution in [0.5, 0.6) is 0 Å². The summed E-state index contributed by atoms with van der Waals surface area (Å²) in [5.74, 6) is -0.353. The second-order valence-electron chi connectivity index (χ2n) is 8.23. The minimum Gasteiger partial charge on any atom is -0.334 e. The Bertz CT molecular complexity index is 1430. The van der Waals surface area contributed by atoms with Crippen LogP contribution in [0.4, 0.5) is 19.3 Å². The zero-order chi connectivity index (χ0) is 24.5. The molecule has 0 saturated heterocycles. The Balaban J connectivity index is 1.66. The van der Waals surface area contributed by atoms with E-state index in [1.54, 1.807) is 36.1 Å². The number of hydrogen-bond acceptors (Lipinski definition) is 4. The fourth-order valence-electron chi connectivity index (χ4n) is 4.23. The van der Waals surface area contributed by atoms with Crippen molar-refractivity contribution >= 4 is 17.3 Å². The Morgan fingerprint density at radius 1 is 1.00 bits per heavy atom. The van der Waals surface area contributed by atoms with Crippen LogP contribution in [-0.4, -0.2) is 16.2 Å². The van der Waals surface area contributed by atoms with Gasteiger partial charge in [-0.05, 0) is 73.0 Å². The normalized spacial score (nSPS) is 15.9. The van der Waals surface area contributed by atoms with Crippen molar-refractivity contribution in [2.45, 2.75) is 26.3 Å². The third kappa shape index (κ3) is 4.30. The van der Waals surface area contributed by atoms with Gasteiger partial charge >= 0.3 is 6.03 Å². The van der Waals surface area contributed by atoms with Gasteiger partial charge in [-0.15, -0.1) is 0 Å². The molecule has 1 N–H and O–H groups in total. The van der Waals surface area contributed by atoms with Gasteiger partial charge in [0.2, 0.25) is 5.82 Å². The Labute approximate surface area is 200 Å². The molecule has 4 aromatic rings. The van der Waals surface area contributed by atoms with Crippen LogP contribution in [0, 0.1) is 11.6 Å². The Hall–Kier alpha value is -4.33. The number of rotatable bonds is 5. The van der Waals surface area contributed by atoms with Gasteiger partial charge in [0, 0.05) is 11.3 Å². The van der Waals surface area contributed by atoms with E-state index in [0.717, 1.165) is 12.0 Å². The number of benzene rings is 3. The minimum atomic E-state index is -0.717. The summed E-state index contributed by atoms with van der Waals surface area (Å²) >= 11 is 0. The predicted molar refractivity (Wildman–Crippen MR) is 128 cm³/mol. The molecular formula is C27H22F2N4O2. The molecule has 6 nitrogen and oxygen atoms in total. The van der Waals surface area contributed by atoms with Crippen LogP contribution in [0.3, 0.4) is 0 Å². The van der Waals surface area contributed by atoms with Crippen molar-refractivity contribution in [3.05, 3.63) is 107 Å².